The average Bonchev–Trinajstić information content (AvgIpc) is 3.19. The van der Waals surface area contributed by atoms with Gasteiger partial charge in [-0.3, -0.25) is 9.78 Å². The van der Waals surface area contributed by atoms with Crippen molar-refractivity contribution in [2.75, 3.05) is 10.6 Å². The van der Waals surface area contributed by atoms with Crippen LogP contribution < -0.4 is 10.6 Å². The number of aromatic amines is 1. The number of para-hydroxylation sites is 1. The van der Waals surface area contributed by atoms with Crippen LogP contribution in [0.3, 0.4) is 0 Å². The Morgan fingerprint density at radius 3 is 2.54 bits per heavy atom. The molecule has 7 heteroatoms. The van der Waals surface area contributed by atoms with Crippen molar-refractivity contribution >= 4 is 28.2 Å². The quantitative estimate of drug-likeness (QED) is 0.263. The minimum absolute atomic E-state index is 0.225. The lowest BCUT2D eigenvalue weighted by Crippen LogP contribution is -2.15. The van der Waals surface area contributed by atoms with Gasteiger partial charge in [-0.1, -0.05) is 24.3 Å². The number of anilines is 2. The van der Waals surface area contributed by atoms with E-state index in [2.05, 4.69) is 20.6 Å². The lowest BCUT2D eigenvalue weighted by Gasteiger charge is -2.21. The van der Waals surface area contributed by atoms with Crippen LogP contribution in [0.2, 0.25) is 0 Å². The fraction of sp³-hybridized carbons (Fsp3) is 0.0714. The first kappa shape index (κ1) is 22.3. The van der Waals surface area contributed by atoms with Crippen molar-refractivity contribution in [3.05, 3.63) is 125 Å². The maximum absolute atomic E-state index is 14.6. The molecule has 0 spiro atoms. The predicted octanol–water partition coefficient (Wildman–Crippen LogP) is 6.60. The van der Waals surface area contributed by atoms with Gasteiger partial charge in [-0.25, -0.2) is 8.78 Å². The number of pyridine rings is 1. The standard InChI is InChI=1S/C28H22F2N4O/c1-17-26(27(25-11-4-5-14-31-25)34-24-10-3-2-9-22(24)30)21-16-20(12-13-23(21)32-17)33-28(35)18-7-6-8-19(29)15-18/h2-16,27,32,34H,1H3,(H,33,35). The lowest BCUT2D eigenvalue weighted by atomic mass is 9.98. The first-order valence-electron chi connectivity index (χ1n) is 11.1. The summed E-state index contributed by atoms with van der Waals surface area (Å²) in [6.45, 7) is 1.94. The van der Waals surface area contributed by atoms with Crippen LogP contribution in [0.15, 0.2) is 91.1 Å². The monoisotopic (exact) mass is 468 g/mol. The van der Waals surface area contributed by atoms with E-state index in [1.165, 1.54) is 24.3 Å². The van der Waals surface area contributed by atoms with Crippen LogP contribution in [0.1, 0.15) is 33.4 Å². The van der Waals surface area contributed by atoms with Crippen molar-refractivity contribution in [1.29, 1.82) is 0 Å². The van der Waals surface area contributed by atoms with Crippen LogP contribution in [0, 0.1) is 18.6 Å². The summed E-state index contributed by atoms with van der Waals surface area (Å²) in [5.41, 5.74) is 4.47. The Labute approximate surface area is 200 Å². The normalized spacial score (nSPS) is 11.9. The molecule has 1 amide bonds. The van der Waals surface area contributed by atoms with Crippen LogP contribution in [-0.4, -0.2) is 15.9 Å². The number of fused-ring (bicyclic) bond motifs is 1. The fourth-order valence-electron chi connectivity index (χ4n) is 4.20. The number of H-pyrrole nitrogens is 1. The zero-order valence-corrected chi connectivity index (χ0v) is 18.8. The predicted molar refractivity (Wildman–Crippen MR) is 133 cm³/mol. The van der Waals surface area contributed by atoms with Crippen LogP contribution in [0.4, 0.5) is 20.2 Å². The molecule has 0 saturated carbocycles. The third-order valence-corrected chi connectivity index (χ3v) is 5.83. The summed E-state index contributed by atoms with van der Waals surface area (Å²) < 4.78 is 28.1. The Hall–Kier alpha value is -4.52. The number of halogens is 2. The molecule has 174 valence electrons. The summed E-state index contributed by atoms with van der Waals surface area (Å²) in [4.78, 5) is 20.6. The molecule has 0 saturated heterocycles. The Balaban J connectivity index is 1.57. The van der Waals surface area contributed by atoms with Gasteiger partial charge in [-0.15, -0.1) is 0 Å². The molecule has 0 fully saturated rings. The van der Waals surface area contributed by atoms with Gasteiger partial charge in [0.15, 0.2) is 0 Å². The topological polar surface area (TPSA) is 69.8 Å². The highest BCUT2D eigenvalue weighted by atomic mass is 19.1. The molecule has 1 atom stereocenters. The molecule has 5 rings (SSSR count). The van der Waals surface area contributed by atoms with Crippen molar-refractivity contribution < 1.29 is 13.6 Å². The Bertz CT molecular complexity index is 1510. The Kier molecular flexibility index (Phi) is 5.97. The SMILES string of the molecule is Cc1[nH]c2ccc(NC(=O)c3cccc(F)c3)cc2c1C(Nc1ccccc1F)c1ccccn1. The van der Waals surface area contributed by atoms with Gasteiger partial charge >= 0.3 is 0 Å². The minimum atomic E-state index is -0.478. The van der Waals surface area contributed by atoms with Crippen molar-refractivity contribution in [3.8, 4) is 0 Å². The van der Waals surface area contributed by atoms with Crippen LogP contribution in [0.5, 0.6) is 0 Å². The smallest absolute Gasteiger partial charge is 0.255 e. The van der Waals surface area contributed by atoms with Gasteiger partial charge < -0.3 is 15.6 Å². The molecule has 3 aromatic carbocycles. The van der Waals surface area contributed by atoms with Gasteiger partial charge in [0.05, 0.1) is 17.4 Å². The summed E-state index contributed by atoms with van der Waals surface area (Å²) >= 11 is 0. The van der Waals surface area contributed by atoms with E-state index in [1.54, 1.807) is 36.5 Å². The first-order chi connectivity index (χ1) is 17.0. The zero-order valence-electron chi connectivity index (χ0n) is 18.8. The summed E-state index contributed by atoms with van der Waals surface area (Å²) in [7, 11) is 0. The lowest BCUT2D eigenvalue weighted by molar-refractivity contribution is 0.102. The maximum atomic E-state index is 14.6. The molecule has 5 aromatic rings. The number of amides is 1. The molecule has 1 unspecified atom stereocenters. The van der Waals surface area contributed by atoms with Crippen molar-refractivity contribution in [2.45, 2.75) is 13.0 Å². The van der Waals surface area contributed by atoms with Crippen molar-refractivity contribution in [2.24, 2.45) is 0 Å². The second-order valence-electron chi connectivity index (χ2n) is 8.20. The minimum Gasteiger partial charge on any atom is -0.370 e. The van der Waals surface area contributed by atoms with Crippen LogP contribution >= 0.6 is 0 Å². The number of aromatic nitrogens is 2. The molecule has 2 heterocycles. The van der Waals surface area contributed by atoms with E-state index in [0.29, 0.717) is 17.1 Å². The van der Waals surface area contributed by atoms with E-state index in [9.17, 15) is 13.6 Å². The average molecular weight is 469 g/mol. The highest BCUT2D eigenvalue weighted by Crippen LogP contribution is 2.35. The highest BCUT2D eigenvalue weighted by molar-refractivity contribution is 6.05. The molecule has 0 bridgehead atoms. The molecular weight excluding hydrogens is 446 g/mol. The zero-order chi connectivity index (χ0) is 24.4. The Morgan fingerprint density at radius 1 is 0.943 bits per heavy atom. The summed E-state index contributed by atoms with van der Waals surface area (Å²) in [6.07, 6.45) is 1.69. The van der Waals surface area contributed by atoms with E-state index in [1.807, 2.05) is 37.3 Å². The van der Waals surface area contributed by atoms with Gasteiger partial charge in [0.2, 0.25) is 0 Å². The second-order valence-corrected chi connectivity index (χ2v) is 8.20. The summed E-state index contributed by atoms with van der Waals surface area (Å²) in [6, 6.07) is 22.6. The van der Waals surface area contributed by atoms with Crippen LogP contribution in [-0.2, 0) is 0 Å². The molecule has 5 nitrogen and oxygen atoms in total. The summed E-state index contributed by atoms with van der Waals surface area (Å²) in [5.74, 6) is -1.26. The van der Waals surface area contributed by atoms with E-state index in [4.69, 9.17) is 0 Å². The number of nitrogens with zero attached hydrogens (tertiary/aromatic N) is 1. The number of nitrogens with one attached hydrogen (secondary N) is 3. The maximum Gasteiger partial charge on any atom is 0.255 e. The van der Waals surface area contributed by atoms with Gasteiger partial charge in [0.25, 0.3) is 5.91 Å². The van der Waals surface area contributed by atoms with Crippen molar-refractivity contribution in [1.82, 2.24) is 9.97 Å². The van der Waals surface area contributed by atoms with Gasteiger partial charge in [0.1, 0.15) is 11.6 Å². The van der Waals surface area contributed by atoms with Crippen LogP contribution in [0.25, 0.3) is 10.9 Å². The first-order valence-corrected chi connectivity index (χ1v) is 11.1. The molecule has 2 aromatic heterocycles. The number of carbonyl (C=O) groups is 1. The number of rotatable bonds is 6. The molecule has 0 aliphatic rings. The van der Waals surface area contributed by atoms with Gasteiger partial charge in [0, 0.05) is 39.6 Å². The molecule has 0 aliphatic carbocycles. The highest BCUT2D eigenvalue weighted by Gasteiger charge is 2.23. The van der Waals surface area contributed by atoms with Crippen molar-refractivity contribution in [3.63, 3.8) is 0 Å². The van der Waals surface area contributed by atoms with Gasteiger partial charge in [-0.2, -0.15) is 0 Å². The molecule has 35 heavy (non-hydrogen) atoms. The number of benzene rings is 3. The van der Waals surface area contributed by atoms with Gasteiger partial charge in [-0.05, 0) is 67.6 Å². The second kappa shape index (κ2) is 9.38. The van der Waals surface area contributed by atoms with E-state index < -0.39 is 17.8 Å². The Morgan fingerprint density at radius 2 is 1.77 bits per heavy atom. The largest absolute Gasteiger partial charge is 0.370 e. The number of hydrogen-bond donors (Lipinski definition) is 3. The molecule has 3 N–H and O–H groups in total. The van der Waals surface area contributed by atoms with E-state index in [0.717, 1.165) is 22.2 Å². The summed E-state index contributed by atoms with van der Waals surface area (Å²) in [5, 5.41) is 6.99. The molecular formula is C28H22F2N4O. The third-order valence-electron chi connectivity index (χ3n) is 5.83. The third kappa shape index (κ3) is 4.61. The van der Waals surface area contributed by atoms with E-state index in [-0.39, 0.29) is 11.4 Å². The number of hydrogen-bond acceptors (Lipinski definition) is 3. The fourth-order valence-corrected chi connectivity index (χ4v) is 4.20. The molecule has 0 radical (unpaired) electrons. The van der Waals surface area contributed by atoms with E-state index >= 15 is 0 Å². The number of aryl methyl sites for hydroxylation is 1. The molecule has 0 aliphatic heterocycles. The number of carbonyl (C=O) groups excluding carboxylic acids is 1.